The number of hydrogen-bond donors (Lipinski definition) is 0. The smallest absolute Gasteiger partial charge is 0.435 e. The summed E-state index contributed by atoms with van der Waals surface area (Å²) >= 11 is 0. The molecule has 0 atom stereocenters. The summed E-state index contributed by atoms with van der Waals surface area (Å²) < 4.78 is 45.0. The van der Waals surface area contributed by atoms with Crippen LogP contribution in [0.15, 0.2) is 0 Å². The van der Waals surface area contributed by atoms with E-state index in [0.29, 0.717) is 12.8 Å². The van der Waals surface area contributed by atoms with Crippen molar-refractivity contribution < 1.29 is 22.7 Å². The lowest BCUT2D eigenvalue weighted by molar-refractivity contribution is -0.145. The molecule has 112 valence electrons. The van der Waals surface area contributed by atoms with Gasteiger partial charge in [0.1, 0.15) is 0 Å². The van der Waals surface area contributed by atoms with Gasteiger partial charge < -0.3 is 4.74 Å². The molecule has 1 aliphatic carbocycles. The van der Waals surface area contributed by atoms with Crippen molar-refractivity contribution in [1.29, 1.82) is 0 Å². The Bertz CT molecular complexity index is 479. The van der Waals surface area contributed by atoms with Gasteiger partial charge in [0.05, 0.1) is 12.6 Å². The minimum absolute atomic E-state index is 0.00752. The summed E-state index contributed by atoms with van der Waals surface area (Å²) in [7, 11) is 0. The third-order valence-corrected chi connectivity index (χ3v) is 3.35. The van der Waals surface area contributed by atoms with E-state index < -0.39 is 23.5 Å². The van der Waals surface area contributed by atoms with Crippen LogP contribution in [0.1, 0.15) is 61.3 Å². The van der Waals surface area contributed by atoms with E-state index in [1.54, 1.807) is 0 Å². The zero-order valence-corrected chi connectivity index (χ0v) is 11.1. The van der Waals surface area contributed by atoms with Crippen molar-refractivity contribution in [3.63, 3.8) is 0 Å². The molecule has 8 heteroatoms. The number of rotatable bonds is 3. The Balaban J connectivity index is 2.39. The molecule has 1 fully saturated rings. The van der Waals surface area contributed by atoms with E-state index in [2.05, 4.69) is 15.0 Å². The number of carbonyl (C=O) groups is 1. The van der Waals surface area contributed by atoms with E-state index in [1.807, 2.05) is 0 Å². The molecule has 0 spiro atoms. The number of halogens is 3. The second-order valence-electron chi connectivity index (χ2n) is 4.74. The summed E-state index contributed by atoms with van der Waals surface area (Å²) in [6.07, 6.45) is -0.711. The van der Waals surface area contributed by atoms with Crippen LogP contribution < -0.4 is 0 Å². The highest BCUT2D eigenvalue weighted by molar-refractivity contribution is 5.88. The second kappa shape index (κ2) is 5.80. The number of nitrogens with zero attached hydrogens (tertiary/aromatic N) is 3. The number of esters is 1. The summed E-state index contributed by atoms with van der Waals surface area (Å²) in [5.74, 6) is -1.08. The minimum Gasteiger partial charge on any atom is -0.461 e. The van der Waals surface area contributed by atoms with E-state index in [1.165, 1.54) is 6.92 Å². The molecule has 0 aliphatic heterocycles. The van der Waals surface area contributed by atoms with Gasteiger partial charge in [0.2, 0.25) is 5.69 Å². The fourth-order valence-corrected chi connectivity index (χ4v) is 2.48. The highest BCUT2D eigenvalue weighted by Crippen LogP contribution is 2.36. The van der Waals surface area contributed by atoms with E-state index in [0.717, 1.165) is 23.9 Å². The predicted octanol–water partition coefficient (Wildman–Crippen LogP) is 2.98. The molecule has 0 bridgehead atoms. The highest BCUT2D eigenvalue weighted by Gasteiger charge is 2.43. The third-order valence-electron chi connectivity index (χ3n) is 3.35. The van der Waals surface area contributed by atoms with Gasteiger partial charge in [-0.25, -0.2) is 9.48 Å². The Hall–Kier alpha value is -1.60. The van der Waals surface area contributed by atoms with Gasteiger partial charge in [0, 0.05) is 0 Å². The van der Waals surface area contributed by atoms with Gasteiger partial charge in [0.25, 0.3) is 0 Å². The van der Waals surface area contributed by atoms with Gasteiger partial charge in [-0.2, -0.15) is 13.2 Å². The van der Waals surface area contributed by atoms with Crippen LogP contribution in [0, 0.1) is 0 Å². The largest absolute Gasteiger partial charge is 0.461 e. The first-order valence-electron chi connectivity index (χ1n) is 6.64. The van der Waals surface area contributed by atoms with Crippen molar-refractivity contribution in [3.8, 4) is 0 Å². The van der Waals surface area contributed by atoms with Gasteiger partial charge in [-0.1, -0.05) is 24.5 Å². The van der Waals surface area contributed by atoms with E-state index in [-0.39, 0.29) is 12.6 Å². The fourth-order valence-electron chi connectivity index (χ4n) is 2.48. The number of hydrogen-bond acceptors (Lipinski definition) is 4. The second-order valence-corrected chi connectivity index (χ2v) is 4.74. The SMILES string of the molecule is CCOC(=O)c1nnn(C2CCCCC2)c1C(F)(F)F. The quantitative estimate of drug-likeness (QED) is 0.803. The number of alkyl halides is 3. The molecule has 0 amide bonds. The van der Waals surface area contributed by atoms with Crippen LogP contribution in [-0.2, 0) is 10.9 Å². The summed E-state index contributed by atoms with van der Waals surface area (Å²) in [5.41, 5.74) is -1.84. The molecule has 0 unspecified atom stereocenters. The summed E-state index contributed by atoms with van der Waals surface area (Å²) in [4.78, 5) is 11.6. The number of aromatic nitrogens is 3. The van der Waals surface area contributed by atoms with Crippen LogP contribution >= 0.6 is 0 Å². The van der Waals surface area contributed by atoms with Crippen molar-refractivity contribution in [3.05, 3.63) is 11.4 Å². The zero-order valence-electron chi connectivity index (χ0n) is 11.1. The molecular formula is C12H16F3N3O2. The van der Waals surface area contributed by atoms with Gasteiger partial charge in [-0.05, 0) is 19.8 Å². The van der Waals surface area contributed by atoms with Crippen LogP contribution in [0.4, 0.5) is 13.2 Å². The van der Waals surface area contributed by atoms with Crippen LogP contribution in [0.5, 0.6) is 0 Å². The first-order chi connectivity index (χ1) is 9.45. The first kappa shape index (κ1) is 14.8. The molecule has 5 nitrogen and oxygen atoms in total. The molecular weight excluding hydrogens is 275 g/mol. The van der Waals surface area contributed by atoms with Crippen LogP contribution in [0.25, 0.3) is 0 Å². The molecule has 0 saturated heterocycles. The van der Waals surface area contributed by atoms with Gasteiger partial charge in [-0.15, -0.1) is 5.10 Å². The summed E-state index contributed by atoms with van der Waals surface area (Å²) in [6.45, 7) is 1.52. The molecule has 2 rings (SSSR count). The Labute approximate surface area is 114 Å². The van der Waals surface area contributed by atoms with Gasteiger partial charge >= 0.3 is 12.1 Å². The average molecular weight is 291 g/mol. The average Bonchev–Trinajstić information content (AvgIpc) is 2.84. The first-order valence-corrected chi connectivity index (χ1v) is 6.64. The minimum atomic E-state index is -4.68. The Morgan fingerprint density at radius 3 is 2.55 bits per heavy atom. The van der Waals surface area contributed by atoms with E-state index in [9.17, 15) is 18.0 Å². The standard InChI is InChI=1S/C12H16F3N3O2/c1-2-20-11(19)9-10(12(13,14)15)18(17-16-9)8-6-4-3-5-7-8/h8H,2-7H2,1H3. The maximum absolute atomic E-state index is 13.2. The molecule has 1 aromatic heterocycles. The van der Waals surface area contributed by atoms with E-state index >= 15 is 0 Å². The lowest BCUT2D eigenvalue weighted by atomic mass is 9.95. The molecule has 1 saturated carbocycles. The third kappa shape index (κ3) is 2.94. The summed E-state index contributed by atoms with van der Waals surface area (Å²) in [5, 5.41) is 6.95. The molecule has 20 heavy (non-hydrogen) atoms. The molecule has 0 aromatic carbocycles. The van der Waals surface area contributed by atoms with Crippen molar-refractivity contribution >= 4 is 5.97 Å². The molecule has 1 aromatic rings. The lowest BCUT2D eigenvalue weighted by Crippen LogP contribution is -2.23. The Morgan fingerprint density at radius 2 is 2.00 bits per heavy atom. The Morgan fingerprint density at radius 1 is 1.35 bits per heavy atom. The number of ether oxygens (including phenoxy) is 1. The normalized spacial score (nSPS) is 17.2. The monoisotopic (exact) mass is 291 g/mol. The molecule has 1 aliphatic rings. The maximum Gasteiger partial charge on any atom is 0.435 e. The van der Waals surface area contributed by atoms with Crippen molar-refractivity contribution in [2.75, 3.05) is 6.61 Å². The maximum atomic E-state index is 13.2. The highest BCUT2D eigenvalue weighted by atomic mass is 19.4. The fraction of sp³-hybridized carbons (Fsp3) is 0.750. The van der Waals surface area contributed by atoms with Gasteiger partial charge in [-0.3, -0.25) is 0 Å². The van der Waals surface area contributed by atoms with Gasteiger partial charge in [0.15, 0.2) is 5.69 Å². The van der Waals surface area contributed by atoms with Crippen molar-refractivity contribution in [1.82, 2.24) is 15.0 Å². The summed E-state index contributed by atoms with van der Waals surface area (Å²) in [6, 6.07) is -0.351. The van der Waals surface area contributed by atoms with Crippen LogP contribution in [0.3, 0.4) is 0 Å². The molecule has 1 heterocycles. The van der Waals surface area contributed by atoms with Crippen LogP contribution in [-0.4, -0.2) is 27.6 Å². The lowest BCUT2D eigenvalue weighted by Gasteiger charge is -2.23. The van der Waals surface area contributed by atoms with Crippen molar-refractivity contribution in [2.45, 2.75) is 51.2 Å². The topological polar surface area (TPSA) is 57.0 Å². The zero-order chi connectivity index (χ0) is 14.8. The van der Waals surface area contributed by atoms with E-state index in [4.69, 9.17) is 0 Å². The Kier molecular flexibility index (Phi) is 4.29. The molecule has 0 radical (unpaired) electrons. The predicted molar refractivity (Wildman–Crippen MR) is 63.1 cm³/mol. The van der Waals surface area contributed by atoms with Crippen LogP contribution in [0.2, 0.25) is 0 Å². The molecule has 0 N–H and O–H groups in total. The van der Waals surface area contributed by atoms with Crippen molar-refractivity contribution in [2.24, 2.45) is 0 Å². The number of carbonyl (C=O) groups excluding carboxylic acids is 1.